The van der Waals surface area contributed by atoms with Crippen molar-refractivity contribution in [1.29, 1.82) is 0 Å². The molecule has 0 spiro atoms. The smallest absolute Gasteiger partial charge is 0.453 e. The number of methoxy groups -OCH3 is 3. The first-order valence-corrected chi connectivity index (χ1v) is 47.7. The normalized spacial score (nSPS) is 25.1. The van der Waals surface area contributed by atoms with Crippen molar-refractivity contribution in [1.82, 2.24) is 60.6 Å². The Labute approximate surface area is 790 Å². The number of ether oxygens (including phenoxy) is 3. The summed E-state index contributed by atoms with van der Waals surface area (Å²) in [4.78, 5) is 110. The fourth-order valence-electron chi connectivity index (χ4n) is 21.2. The number of imidazole rings is 3. The average Bonchev–Trinajstić information content (AvgIpc) is 1.61. The fourth-order valence-corrected chi connectivity index (χ4v) is 22.9. The van der Waals surface area contributed by atoms with Gasteiger partial charge in [0.25, 0.3) is 0 Å². The molecule has 7 aliphatic carbocycles. The number of likely N-dealkylation sites (tertiary alicyclic amines) is 3. The molecule has 3 aromatic heterocycles. The molecule has 6 aromatic rings. The summed E-state index contributed by atoms with van der Waals surface area (Å²) in [6.07, 6.45) is 36.5. The molecule has 11 aliphatic rings. The van der Waals surface area contributed by atoms with Crippen LogP contribution in [-0.2, 0) is 72.0 Å². The van der Waals surface area contributed by atoms with Gasteiger partial charge >= 0.3 is 59.5 Å². The number of nitrogens with one attached hydrogen (secondary N) is 6. The van der Waals surface area contributed by atoms with Crippen LogP contribution in [0.2, 0.25) is 0 Å². The number of alkyl halides is 2. The number of hydrogen-bond acceptors (Lipinski definition) is 14. The van der Waals surface area contributed by atoms with E-state index in [1.54, 1.807) is 0 Å². The van der Waals surface area contributed by atoms with Crippen molar-refractivity contribution in [3.63, 3.8) is 0 Å². The Morgan fingerprint density at radius 2 is 0.677 bits per heavy atom. The van der Waals surface area contributed by atoms with Crippen LogP contribution in [0.5, 0.6) is 0 Å². The number of carbonyl (C=O) groups is 6. The number of nitrogens with zero attached hydrogens (tertiary/aromatic N) is 6. The maximum absolute atomic E-state index is 14.0. The molecule has 7 saturated carbocycles. The zero-order valence-electron chi connectivity index (χ0n) is 77.3. The van der Waals surface area contributed by atoms with Gasteiger partial charge in [-0.25, -0.2) is 29.3 Å². The van der Waals surface area contributed by atoms with Crippen molar-refractivity contribution in [3.8, 4) is 0 Å². The monoisotopic (exact) mass is 2020 g/mol. The van der Waals surface area contributed by atoms with E-state index < -0.39 is 54.7 Å². The SMILES string of the molecule is COC(=O)N[C@H](C(=O)N1C(c2nc3ccc(C4CCCC4)cc3[nH]2)C[C@@H]2CCCC[C@@H]21)C(C)C.COC(=O)N[C@H](C(=O)N1[C@H](c2nc3ccc(B4OC(C)(C)C(C)(C)O4)cc3[nH]2)C[C@@H]2CCCC[C@@H]21)C(C)C.COC(=O)N[C@H](C(=O)N1[C@H](c2nc3ccc(C4CCCC4)cc3[nH]2)C[C@@H]2CCCC[C@@H]21)C(C)C.IC1CCCC1.IC1CCCC1.[CH3-].[CH3-].[CH3-].[CH3-].[Fe+2].[Fe+2]. The van der Waals surface area contributed by atoms with Crippen molar-refractivity contribution in [2.75, 3.05) is 21.3 Å². The van der Waals surface area contributed by atoms with Crippen LogP contribution >= 0.6 is 45.2 Å². The number of H-pyrrole nitrogens is 3. The molecule has 124 heavy (non-hydrogen) atoms. The molecule has 0 radical (unpaired) electrons. The van der Waals surface area contributed by atoms with Crippen molar-refractivity contribution in [2.24, 2.45) is 35.5 Å². The van der Waals surface area contributed by atoms with Crippen LogP contribution in [0.25, 0.3) is 33.1 Å². The Morgan fingerprint density at radius 3 is 0.952 bits per heavy atom. The number of hydrogen-bond donors (Lipinski definition) is 6. The first kappa shape index (κ1) is 106. The predicted octanol–water partition coefficient (Wildman–Crippen LogP) is 21.5. The molecule has 1 unspecified atom stereocenters. The van der Waals surface area contributed by atoms with Gasteiger partial charge in [0.05, 0.1) is 83.8 Å². The molecule has 6 amide bonds. The molecule has 7 heterocycles. The first-order chi connectivity index (χ1) is 56.6. The molecule has 17 rings (SSSR count). The van der Waals surface area contributed by atoms with Gasteiger partial charge in [0, 0.05) is 26.0 Å². The van der Waals surface area contributed by atoms with E-state index in [1.165, 1.54) is 154 Å². The first-order valence-electron chi connectivity index (χ1n) is 45.2. The van der Waals surface area contributed by atoms with Gasteiger partial charge < -0.3 is 98.8 Å². The van der Waals surface area contributed by atoms with E-state index in [9.17, 15) is 28.8 Å². The maximum Gasteiger partial charge on any atom is 2.00 e. The van der Waals surface area contributed by atoms with Gasteiger partial charge in [-0.2, -0.15) is 0 Å². The van der Waals surface area contributed by atoms with Gasteiger partial charge in [-0.1, -0.05) is 195 Å². The number of carbonyl (C=O) groups excluding carboxylic acids is 6. The van der Waals surface area contributed by atoms with Gasteiger partial charge in [0.15, 0.2) is 0 Å². The van der Waals surface area contributed by atoms with E-state index in [0.717, 1.165) is 141 Å². The van der Waals surface area contributed by atoms with Crippen molar-refractivity contribution in [2.45, 2.75) is 354 Å². The molecular weight excluding hydrogens is 1870 g/mol. The number of benzene rings is 3. The zero-order chi connectivity index (χ0) is 83.9. The third kappa shape index (κ3) is 24.7. The Bertz CT molecular complexity index is 4210. The molecule has 4 aliphatic heterocycles. The third-order valence-electron chi connectivity index (χ3n) is 28.5. The van der Waals surface area contributed by atoms with Crippen LogP contribution in [0.15, 0.2) is 54.6 Å². The summed E-state index contributed by atoms with van der Waals surface area (Å²) < 4.78 is 29.0. The molecule has 11 fully saturated rings. The van der Waals surface area contributed by atoms with E-state index in [2.05, 4.69) is 122 Å². The Balaban J connectivity index is 0.000000233. The number of amides is 6. The van der Waals surface area contributed by atoms with E-state index in [1.807, 2.05) is 92.3 Å². The Morgan fingerprint density at radius 1 is 0.411 bits per heavy atom. The summed E-state index contributed by atoms with van der Waals surface area (Å²) >= 11 is 5.06. The molecule has 3 aromatic carbocycles. The van der Waals surface area contributed by atoms with E-state index in [4.69, 9.17) is 38.5 Å². The number of rotatable bonds is 15. The molecule has 4 saturated heterocycles. The second-order valence-corrected chi connectivity index (χ2v) is 41.4. The van der Waals surface area contributed by atoms with E-state index in [0.29, 0.717) is 29.6 Å². The summed E-state index contributed by atoms with van der Waals surface area (Å²) in [5.41, 5.74) is 8.69. The third-order valence-corrected chi connectivity index (χ3v) is 31.0. The Hall–Kier alpha value is -5.23. The maximum atomic E-state index is 14.0. The second kappa shape index (κ2) is 47.6. The van der Waals surface area contributed by atoms with Crippen LogP contribution < -0.4 is 21.4 Å². The summed E-state index contributed by atoms with van der Waals surface area (Å²) in [7, 11) is 3.53. The molecule has 23 nitrogen and oxygen atoms in total. The van der Waals surface area contributed by atoms with Gasteiger partial charge in [-0.05, 0) is 237 Å². The van der Waals surface area contributed by atoms with E-state index >= 15 is 0 Å². The number of halogens is 2. The molecule has 6 N–H and O–H groups in total. The Kier molecular flexibility index (Phi) is 40.6. The van der Waals surface area contributed by atoms with E-state index in [-0.39, 0.29) is 136 Å². The van der Waals surface area contributed by atoms with Crippen LogP contribution in [0.3, 0.4) is 0 Å². The fraction of sp³-hybridized carbons (Fsp3) is 0.677. The van der Waals surface area contributed by atoms with Gasteiger partial charge in [0.1, 0.15) is 35.6 Å². The minimum Gasteiger partial charge on any atom is -0.453 e. The van der Waals surface area contributed by atoms with Crippen LogP contribution in [0.1, 0.15) is 327 Å². The van der Waals surface area contributed by atoms with Crippen molar-refractivity contribution in [3.05, 3.63) is 113 Å². The molecule has 0 bridgehead atoms. The number of aromatic amines is 3. The van der Waals surface area contributed by atoms with Crippen LogP contribution in [-0.4, -0.2) is 164 Å². The minimum atomic E-state index is -0.662. The number of aromatic nitrogens is 6. The van der Waals surface area contributed by atoms with Crippen molar-refractivity contribution < 1.29 is 86.4 Å². The quantitative estimate of drug-likeness (QED) is 0.0183. The summed E-state index contributed by atoms with van der Waals surface area (Å²) in [6.45, 7) is 19.9. The van der Waals surface area contributed by atoms with Crippen molar-refractivity contribution >= 4 is 127 Å². The summed E-state index contributed by atoms with van der Waals surface area (Å²) in [5, 5.41) is 8.36. The van der Waals surface area contributed by atoms with Crippen LogP contribution in [0, 0.1) is 65.2 Å². The standard InChI is InChI=1S/C28H41BN4O5.2C27H38N4O3.2C5H9I.4CH3.2Fe/c1-16(2)23(32-26(35)36-7)25(34)33-21-11-9-8-10-17(21)14-22(33)24-30-19-13-12-18(15-20(19)31-24)29-37-27(3,4)28(5,6)38-29;2*1-16(2)24(30-27(33)34-3)26(32)31-22-11-7-6-10-19(22)15-23(31)25-28-20-13-12-18(14-21(20)29-25)17-8-4-5-9-17;2*6-5-3-1-2-4-5;;;;;;/h12-13,15-17,21-23H,8-11,14H2,1-7H3,(H,30,31)(H,32,35);2*12-14,16-17,19,22-24H,4-11,15H2,1-3H3,(H,28,29)(H,30,33);2*5H,1-4H2;4*1H3;;/q;;;;;4*-1;2*+2/t17-,21-,22-,23-;19-,22-,23?,24-;19-,22-,23-,24-;;;;;;;;/m000......../s1. The zero-order valence-corrected chi connectivity index (χ0v) is 83.8. The second-order valence-electron chi connectivity index (χ2n) is 37.9. The molecule has 12 atom stereocenters. The largest absolute Gasteiger partial charge is 2.00 e. The van der Waals surface area contributed by atoms with Crippen LogP contribution in [0.4, 0.5) is 14.4 Å². The van der Waals surface area contributed by atoms with Gasteiger partial charge in [-0.3, -0.25) is 14.4 Å². The topological polar surface area (TPSA) is 280 Å². The summed E-state index contributed by atoms with van der Waals surface area (Å²) in [5.74, 6) is 4.96. The number of fused-ring (bicyclic) bond motifs is 6. The predicted molar refractivity (Wildman–Crippen MR) is 507 cm³/mol. The summed E-state index contributed by atoms with van der Waals surface area (Å²) in [6, 6.07) is 17.6. The molecular formula is C96H147BFe2I2N12O11. The number of alkyl carbamates (subject to hydrolysis) is 3. The average molecular weight is 2020 g/mol. The van der Waals surface area contributed by atoms with Gasteiger partial charge in [-0.15, -0.1) is 0 Å². The molecule has 28 heteroatoms. The minimum absolute atomic E-state index is 0. The molecule has 690 valence electrons. The van der Waals surface area contributed by atoms with Gasteiger partial charge in [0.2, 0.25) is 17.7 Å².